The molecule has 27 heavy (non-hydrogen) atoms. The van der Waals surface area contributed by atoms with E-state index in [2.05, 4.69) is 25.7 Å². The van der Waals surface area contributed by atoms with Crippen LogP contribution in [0, 0.1) is 0 Å². The largest absolute Gasteiger partial charge is 0.351 e. The molecule has 2 aliphatic heterocycles. The molecule has 1 aliphatic carbocycles. The molecule has 1 unspecified atom stereocenters. The van der Waals surface area contributed by atoms with E-state index in [-0.39, 0.29) is 18.9 Å². The zero-order chi connectivity index (χ0) is 18.5. The van der Waals surface area contributed by atoms with Gasteiger partial charge in [0.15, 0.2) is 5.65 Å². The molecule has 5 rings (SSSR count). The van der Waals surface area contributed by atoms with Crippen LogP contribution in [0.1, 0.15) is 31.2 Å². The lowest BCUT2D eigenvalue weighted by atomic mass is 10.1. The summed E-state index contributed by atoms with van der Waals surface area (Å²) in [6, 6.07) is 0.354. The SMILES string of the molecule is O=C1CC(=Cc2cnn3c(NC4CC4)nc(N4CCC(F)C4)nc23)C(=O)N1. The van der Waals surface area contributed by atoms with E-state index in [1.165, 1.54) is 0 Å². The predicted molar refractivity (Wildman–Crippen MR) is 94.9 cm³/mol. The Hall–Kier alpha value is -3.04. The fraction of sp³-hybridized carbons (Fsp3) is 0.471. The molecule has 2 amide bonds. The maximum Gasteiger partial charge on any atom is 0.254 e. The lowest BCUT2D eigenvalue weighted by Gasteiger charge is -2.17. The Morgan fingerprint density at radius 1 is 1.26 bits per heavy atom. The van der Waals surface area contributed by atoms with Crippen molar-refractivity contribution in [2.75, 3.05) is 23.3 Å². The molecule has 2 aromatic rings. The zero-order valence-electron chi connectivity index (χ0n) is 14.5. The first kappa shape index (κ1) is 16.2. The number of aromatic nitrogens is 4. The standard InChI is InChI=1S/C17H18FN7O2/c18-11-3-4-24(8-11)16-22-14-10(5-9-6-13(26)21-15(9)27)7-19-25(14)17(23-16)20-12-1-2-12/h5,7,11-12H,1-4,6,8H2,(H,20,22,23)(H,21,26,27). The van der Waals surface area contributed by atoms with Crippen LogP contribution in [0.5, 0.6) is 0 Å². The van der Waals surface area contributed by atoms with Crippen LogP contribution in [-0.4, -0.2) is 56.7 Å². The van der Waals surface area contributed by atoms with Crippen LogP contribution in [-0.2, 0) is 9.59 Å². The quantitative estimate of drug-likeness (QED) is 0.601. The first-order valence-corrected chi connectivity index (χ1v) is 9.03. The third-order valence-corrected chi connectivity index (χ3v) is 4.93. The lowest BCUT2D eigenvalue weighted by molar-refractivity contribution is -0.124. The number of anilines is 2. The maximum absolute atomic E-state index is 13.6. The highest BCUT2D eigenvalue weighted by Crippen LogP contribution is 2.28. The topological polar surface area (TPSA) is 105 Å². The second-order valence-electron chi connectivity index (χ2n) is 7.16. The van der Waals surface area contributed by atoms with Gasteiger partial charge in [0.2, 0.25) is 17.8 Å². The molecule has 140 valence electrons. The van der Waals surface area contributed by atoms with Gasteiger partial charge in [-0.1, -0.05) is 0 Å². The predicted octanol–water partition coefficient (Wildman–Crippen LogP) is 0.677. The second kappa shape index (κ2) is 6.00. The smallest absolute Gasteiger partial charge is 0.254 e. The van der Waals surface area contributed by atoms with Gasteiger partial charge in [0, 0.05) is 23.7 Å². The Balaban J connectivity index is 1.59. The molecule has 9 nitrogen and oxygen atoms in total. The minimum atomic E-state index is -0.885. The molecule has 3 fully saturated rings. The van der Waals surface area contributed by atoms with E-state index in [1.807, 2.05) is 4.90 Å². The summed E-state index contributed by atoms with van der Waals surface area (Å²) in [5.41, 5.74) is 1.51. The monoisotopic (exact) mass is 371 g/mol. The fourth-order valence-corrected chi connectivity index (χ4v) is 3.34. The van der Waals surface area contributed by atoms with Gasteiger partial charge in [-0.2, -0.15) is 19.6 Å². The molecule has 0 aromatic carbocycles. The highest BCUT2D eigenvalue weighted by molar-refractivity contribution is 6.15. The van der Waals surface area contributed by atoms with Crippen LogP contribution in [0.3, 0.4) is 0 Å². The number of carbonyl (C=O) groups excluding carboxylic acids is 2. The molecule has 1 atom stereocenters. The Morgan fingerprint density at radius 3 is 2.78 bits per heavy atom. The van der Waals surface area contributed by atoms with E-state index in [1.54, 1.807) is 16.8 Å². The third-order valence-electron chi connectivity index (χ3n) is 4.93. The van der Waals surface area contributed by atoms with Gasteiger partial charge in [-0.15, -0.1) is 0 Å². The number of imide groups is 1. The highest BCUT2D eigenvalue weighted by atomic mass is 19.1. The van der Waals surface area contributed by atoms with E-state index < -0.39 is 12.1 Å². The van der Waals surface area contributed by atoms with E-state index >= 15 is 0 Å². The molecule has 0 bridgehead atoms. The summed E-state index contributed by atoms with van der Waals surface area (Å²) in [5, 5.41) is 9.94. The minimum Gasteiger partial charge on any atom is -0.351 e. The molecule has 2 aromatic heterocycles. The number of nitrogens with zero attached hydrogens (tertiary/aromatic N) is 5. The van der Waals surface area contributed by atoms with Crippen molar-refractivity contribution in [2.45, 2.75) is 37.9 Å². The Morgan fingerprint density at radius 2 is 2.11 bits per heavy atom. The van der Waals surface area contributed by atoms with Crippen LogP contribution in [0.4, 0.5) is 16.3 Å². The number of fused-ring (bicyclic) bond motifs is 1. The fourth-order valence-electron chi connectivity index (χ4n) is 3.34. The van der Waals surface area contributed by atoms with Crippen LogP contribution in [0.25, 0.3) is 11.7 Å². The van der Waals surface area contributed by atoms with Crippen molar-refractivity contribution >= 4 is 35.4 Å². The number of carbonyl (C=O) groups is 2. The minimum absolute atomic E-state index is 0.0386. The van der Waals surface area contributed by atoms with Gasteiger partial charge in [0.1, 0.15) is 6.17 Å². The zero-order valence-corrected chi connectivity index (χ0v) is 14.5. The summed E-state index contributed by atoms with van der Waals surface area (Å²) in [5.74, 6) is 0.277. The molecule has 1 saturated carbocycles. The molecule has 0 radical (unpaired) electrons. The number of rotatable bonds is 4. The van der Waals surface area contributed by atoms with Crippen molar-refractivity contribution in [2.24, 2.45) is 0 Å². The molecule has 4 heterocycles. The van der Waals surface area contributed by atoms with Gasteiger partial charge in [-0.25, -0.2) is 4.39 Å². The van der Waals surface area contributed by atoms with Gasteiger partial charge in [0.05, 0.1) is 19.2 Å². The first-order valence-electron chi connectivity index (χ1n) is 9.03. The van der Waals surface area contributed by atoms with Gasteiger partial charge < -0.3 is 10.2 Å². The molecule has 2 saturated heterocycles. The van der Waals surface area contributed by atoms with Gasteiger partial charge in [0.25, 0.3) is 5.91 Å². The molecule has 10 heteroatoms. The summed E-state index contributed by atoms with van der Waals surface area (Å²) in [6.07, 6.45) is 4.97. The van der Waals surface area contributed by atoms with Crippen LogP contribution < -0.4 is 15.5 Å². The Labute approximate surface area is 153 Å². The van der Waals surface area contributed by atoms with Crippen LogP contribution >= 0.6 is 0 Å². The molecular formula is C17H18FN7O2. The number of hydrogen-bond donors (Lipinski definition) is 2. The normalized spacial score (nSPS) is 24.3. The molecular weight excluding hydrogens is 353 g/mol. The van der Waals surface area contributed by atoms with Gasteiger partial charge in [-0.3, -0.25) is 14.9 Å². The van der Waals surface area contributed by atoms with Crippen molar-refractivity contribution in [1.29, 1.82) is 0 Å². The van der Waals surface area contributed by atoms with Crippen LogP contribution in [0.15, 0.2) is 11.8 Å². The van der Waals surface area contributed by atoms with E-state index in [0.717, 1.165) is 12.8 Å². The van der Waals surface area contributed by atoms with Crippen molar-refractivity contribution in [3.05, 3.63) is 17.3 Å². The summed E-state index contributed by atoms with van der Waals surface area (Å²) in [7, 11) is 0. The maximum atomic E-state index is 13.6. The average molecular weight is 371 g/mol. The number of hydrogen-bond acceptors (Lipinski definition) is 7. The summed E-state index contributed by atoms with van der Waals surface area (Å²) < 4.78 is 15.2. The summed E-state index contributed by atoms with van der Waals surface area (Å²) in [4.78, 5) is 34.2. The summed E-state index contributed by atoms with van der Waals surface area (Å²) >= 11 is 0. The molecule has 3 aliphatic rings. The van der Waals surface area contributed by atoms with Crippen LogP contribution in [0.2, 0.25) is 0 Å². The number of nitrogens with one attached hydrogen (secondary N) is 2. The van der Waals surface area contributed by atoms with Crippen molar-refractivity contribution in [3.63, 3.8) is 0 Å². The second-order valence-corrected chi connectivity index (χ2v) is 7.16. The van der Waals surface area contributed by atoms with Crippen molar-refractivity contribution in [3.8, 4) is 0 Å². The Bertz CT molecular complexity index is 981. The van der Waals surface area contributed by atoms with Gasteiger partial charge >= 0.3 is 0 Å². The molecule has 2 N–H and O–H groups in total. The number of alkyl halides is 1. The summed E-state index contributed by atoms with van der Waals surface area (Å²) in [6.45, 7) is 0.822. The van der Waals surface area contributed by atoms with Gasteiger partial charge in [-0.05, 0) is 25.3 Å². The van der Waals surface area contributed by atoms with Crippen molar-refractivity contribution < 1.29 is 14.0 Å². The number of halogens is 1. The average Bonchev–Trinajstić information content (AvgIpc) is 3.04. The lowest BCUT2D eigenvalue weighted by Crippen LogP contribution is -2.24. The highest BCUT2D eigenvalue weighted by Gasteiger charge is 2.28. The third kappa shape index (κ3) is 3.00. The molecule has 0 spiro atoms. The van der Waals surface area contributed by atoms with E-state index in [9.17, 15) is 14.0 Å². The first-order chi connectivity index (χ1) is 13.1. The van der Waals surface area contributed by atoms with E-state index in [0.29, 0.717) is 47.7 Å². The number of amides is 2. The van der Waals surface area contributed by atoms with Crippen molar-refractivity contribution in [1.82, 2.24) is 24.9 Å². The Kier molecular flexibility index (Phi) is 3.59. The van der Waals surface area contributed by atoms with E-state index in [4.69, 9.17) is 0 Å².